The molecule has 3 nitrogen and oxygen atoms in total. The maximum absolute atomic E-state index is 12.7. The van der Waals surface area contributed by atoms with E-state index in [4.69, 9.17) is 0 Å². The fourth-order valence-corrected chi connectivity index (χ4v) is 3.13. The molecule has 3 heteroatoms. The SMILES string of the molecule is C[C@@H](C(=O)N1CCN(Cc2ccccc2)CC1)c1ccccc1. The normalized spacial score (nSPS) is 17.0. The maximum Gasteiger partial charge on any atom is 0.229 e. The van der Waals surface area contributed by atoms with Crippen molar-refractivity contribution in [2.45, 2.75) is 19.4 Å². The topological polar surface area (TPSA) is 23.6 Å². The summed E-state index contributed by atoms with van der Waals surface area (Å²) in [6, 6.07) is 20.6. The number of carbonyl (C=O) groups excluding carboxylic acids is 1. The minimum atomic E-state index is -0.0585. The highest BCUT2D eigenvalue weighted by Gasteiger charge is 2.25. The molecule has 0 bridgehead atoms. The minimum Gasteiger partial charge on any atom is -0.340 e. The molecule has 120 valence electrons. The molecule has 0 aliphatic carbocycles. The molecule has 1 amide bonds. The van der Waals surface area contributed by atoms with E-state index in [-0.39, 0.29) is 11.8 Å². The van der Waals surface area contributed by atoms with Crippen LogP contribution in [-0.2, 0) is 11.3 Å². The fraction of sp³-hybridized carbons (Fsp3) is 0.350. The first-order chi connectivity index (χ1) is 11.2. The Kier molecular flexibility index (Phi) is 5.09. The third-order valence-corrected chi connectivity index (χ3v) is 4.60. The van der Waals surface area contributed by atoms with Crippen molar-refractivity contribution in [3.05, 3.63) is 71.8 Å². The third kappa shape index (κ3) is 3.99. The molecule has 2 aromatic carbocycles. The maximum atomic E-state index is 12.7. The first-order valence-corrected chi connectivity index (χ1v) is 8.34. The Morgan fingerprint density at radius 2 is 1.48 bits per heavy atom. The number of amides is 1. The first kappa shape index (κ1) is 15.8. The van der Waals surface area contributed by atoms with Crippen LogP contribution < -0.4 is 0 Å². The van der Waals surface area contributed by atoms with E-state index in [2.05, 4.69) is 29.2 Å². The number of rotatable bonds is 4. The van der Waals surface area contributed by atoms with Crippen molar-refractivity contribution in [1.29, 1.82) is 0 Å². The monoisotopic (exact) mass is 308 g/mol. The molecule has 0 unspecified atom stereocenters. The van der Waals surface area contributed by atoms with E-state index in [1.807, 2.05) is 48.2 Å². The Morgan fingerprint density at radius 3 is 2.09 bits per heavy atom. The van der Waals surface area contributed by atoms with E-state index in [0.29, 0.717) is 0 Å². The molecule has 1 aliphatic heterocycles. The first-order valence-electron chi connectivity index (χ1n) is 8.34. The van der Waals surface area contributed by atoms with E-state index in [9.17, 15) is 4.79 Å². The molecule has 2 aromatic rings. The molecule has 1 aliphatic rings. The van der Waals surface area contributed by atoms with E-state index in [0.717, 1.165) is 38.3 Å². The summed E-state index contributed by atoms with van der Waals surface area (Å²) in [4.78, 5) is 17.1. The van der Waals surface area contributed by atoms with Crippen molar-refractivity contribution in [1.82, 2.24) is 9.80 Å². The number of hydrogen-bond donors (Lipinski definition) is 0. The summed E-state index contributed by atoms with van der Waals surface area (Å²) in [6.07, 6.45) is 0. The zero-order valence-electron chi connectivity index (χ0n) is 13.7. The van der Waals surface area contributed by atoms with Crippen LogP contribution in [0.4, 0.5) is 0 Å². The van der Waals surface area contributed by atoms with Gasteiger partial charge in [0.15, 0.2) is 0 Å². The van der Waals surface area contributed by atoms with Crippen molar-refractivity contribution < 1.29 is 4.79 Å². The zero-order chi connectivity index (χ0) is 16.1. The number of nitrogens with zero attached hydrogens (tertiary/aromatic N) is 2. The van der Waals surface area contributed by atoms with Gasteiger partial charge in [-0.05, 0) is 18.1 Å². The van der Waals surface area contributed by atoms with E-state index >= 15 is 0 Å². The van der Waals surface area contributed by atoms with Gasteiger partial charge in [-0.1, -0.05) is 60.7 Å². The van der Waals surface area contributed by atoms with E-state index < -0.39 is 0 Å². The van der Waals surface area contributed by atoms with E-state index in [1.54, 1.807) is 0 Å². The summed E-state index contributed by atoms with van der Waals surface area (Å²) in [6.45, 7) is 6.51. The van der Waals surface area contributed by atoms with Gasteiger partial charge in [-0.2, -0.15) is 0 Å². The van der Waals surface area contributed by atoms with Crippen LogP contribution in [0.2, 0.25) is 0 Å². The number of benzene rings is 2. The molecule has 0 aromatic heterocycles. The molecule has 1 saturated heterocycles. The Labute approximate surface area is 138 Å². The van der Waals surface area contributed by atoms with Crippen LogP contribution in [0.5, 0.6) is 0 Å². The summed E-state index contributed by atoms with van der Waals surface area (Å²) in [7, 11) is 0. The number of hydrogen-bond acceptors (Lipinski definition) is 2. The van der Waals surface area contributed by atoms with E-state index in [1.165, 1.54) is 5.56 Å². The van der Waals surface area contributed by atoms with Crippen LogP contribution in [0.1, 0.15) is 24.0 Å². The molecule has 3 rings (SSSR count). The van der Waals surface area contributed by atoms with Crippen LogP contribution in [0.15, 0.2) is 60.7 Å². The Morgan fingerprint density at radius 1 is 0.913 bits per heavy atom. The summed E-state index contributed by atoms with van der Waals surface area (Å²) >= 11 is 0. The predicted molar refractivity (Wildman–Crippen MR) is 93.2 cm³/mol. The van der Waals surface area contributed by atoms with Crippen molar-refractivity contribution in [3.63, 3.8) is 0 Å². The summed E-state index contributed by atoms with van der Waals surface area (Å²) in [5.74, 6) is 0.187. The third-order valence-electron chi connectivity index (χ3n) is 4.60. The highest BCUT2D eigenvalue weighted by atomic mass is 16.2. The van der Waals surface area contributed by atoms with Gasteiger partial charge in [-0.25, -0.2) is 0 Å². The molecular formula is C20H24N2O. The van der Waals surface area contributed by atoms with Gasteiger partial charge < -0.3 is 4.90 Å². The smallest absolute Gasteiger partial charge is 0.229 e. The van der Waals surface area contributed by atoms with Crippen molar-refractivity contribution in [3.8, 4) is 0 Å². The van der Waals surface area contributed by atoms with Crippen LogP contribution in [0, 0.1) is 0 Å². The minimum absolute atomic E-state index is 0.0585. The summed E-state index contributed by atoms with van der Waals surface area (Å²) < 4.78 is 0. The van der Waals surface area contributed by atoms with Gasteiger partial charge in [0.2, 0.25) is 5.91 Å². The largest absolute Gasteiger partial charge is 0.340 e. The Balaban J connectivity index is 1.53. The van der Waals surface area contributed by atoms with Gasteiger partial charge in [-0.3, -0.25) is 9.69 Å². The molecule has 1 heterocycles. The lowest BCUT2D eigenvalue weighted by molar-refractivity contribution is -0.134. The predicted octanol–water partition coefficient (Wildman–Crippen LogP) is 3.13. The average molecular weight is 308 g/mol. The van der Waals surface area contributed by atoms with Crippen LogP contribution >= 0.6 is 0 Å². The zero-order valence-corrected chi connectivity index (χ0v) is 13.7. The molecule has 0 saturated carbocycles. The fourth-order valence-electron chi connectivity index (χ4n) is 3.13. The van der Waals surface area contributed by atoms with Gasteiger partial charge in [0.05, 0.1) is 5.92 Å². The van der Waals surface area contributed by atoms with Crippen LogP contribution in [-0.4, -0.2) is 41.9 Å². The standard InChI is InChI=1S/C20H24N2O/c1-17(19-10-6-3-7-11-19)20(23)22-14-12-21(13-15-22)16-18-8-4-2-5-9-18/h2-11,17H,12-16H2,1H3/t17-/m1/s1. The lowest BCUT2D eigenvalue weighted by Gasteiger charge is -2.36. The lowest BCUT2D eigenvalue weighted by atomic mass is 9.99. The second-order valence-electron chi connectivity index (χ2n) is 6.22. The van der Waals surface area contributed by atoms with Gasteiger partial charge in [-0.15, -0.1) is 0 Å². The lowest BCUT2D eigenvalue weighted by Crippen LogP contribution is -2.49. The van der Waals surface area contributed by atoms with Gasteiger partial charge in [0.1, 0.15) is 0 Å². The van der Waals surface area contributed by atoms with Gasteiger partial charge in [0, 0.05) is 32.7 Å². The number of piperazine rings is 1. The summed E-state index contributed by atoms with van der Waals surface area (Å²) in [5.41, 5.74) is 2.44. The molecule has 1 fully saturated rings. The second-order valence-corrected chi connectivity index (χ2v) is 6.22. The Hall–Kier alpha value is -2.13. The molecule has 1 atom stereocenters. The van der Waals surface area contributed by atoms with Crippen LogP contribution in [0.3, 0.4) is 0 Å². The molecule has 23 heavy (non-hydrogen) atoms. The van der Waals surface area contributed by atoms with Crippen LogP contribution in [0.25, 0.3) is 0 Å². The number of carbonyl (C=O) groups is 1. The molecular weight excluding hydrogens is 284 g/mol. The second kappa shape index (κ2) is 7.42. The summed E-state index contributed by atoms with van der Waals surface area (Å²) in [5, 5.41) is 0. The van der Waals surface area contributed by atoms with Gasteiger partial charge >= 0.3 is 0 Å². The molecule has 0 spiro atoms. The molecule has 0 radical (unpaired) electrons. The van der Waals surface area contributed by atoms with Gasteiger partial charge in [0.25, 0.3) is 0 Å². The highest BCUT2D eigenvalue weighted by Crippen LogP contribution is 2.19. The molecule has 0 N–H and O–H groups in total. The van der Waals surface area contributed by atoms with Crippen molar-refractivity contribution >= 4 is 5.91 Å². The van der Waals surface area contributed by atoms with Crippen molar-refractivity contribution in [2.24, 2.45) is 0 Å². The average Bonchev–Trinajstić information content (AvgIpc) is 2.63. The van der Waals surface area contributed by atoms with Crippen molar-refractivity contribution in [2.75, 3.05) is 26.2 Å². The quantitative estimate of drug-likeness (QED) is 0.866. The highest BCUT2D eigenvalue weighted by molar-refractivity contribution is 5.83. The Bertz CT molecular complexity index is 619.